The zero-order chi connectivity index (χ0) is 14.4. The minimum atomic E-state index is -0.796. The van der Waals surface area contributed by atoms with Gasteiger partial charge in [0.05, 0.1) is 19.8 Å². The first-order chi connectivity index (χ1) is 9.66. The van der Waals surface area contributed by atoms with Gasteiger partial charge in [-0.15, -0.1) is 0 Å². The van der Waals surface area contributed by atoms with E-state index >= 15 is 0 Å². The van der Waals surface area contributed by atoms with E-state index in [4.69, 9.17) is 19.9 Å². The molecule has 5 nitrogen and oxygen atoms in total. The first-order valence-corrected chi connectivity index (χ1v) is 7.78. The van der Waals surface area contributed by atoms with Crippen molar-refractivity contribution in [3.8, 4) is 0 Å². The van der Waals surface area contributed by atoms with Crippen LogP contribution in [0.2, 0.25) is 0 Å². The standard InChI is InChI=1S/C15H27NO4/c1-2-20-14(17)15(16)7-3-4-13(15)6-9-19-11-12-5-8-18-10-12/h12-13H,2-11,16H2,1H3. The molecule has 0 bridgehead atoms. The lowest BCUT2D eigenvalue weighted by molar-refractivity contribution is -0.151. The predicted octanol–water partition coefficient (Wildman–Crippen LogP) is 1.49. The summed E-state index contributed by atoms with van der Waals surface area (Å²) in [5.41, 5.74) is 5.49. The highest BCUT2D eigenvalue weighted by atomic mass is 16.5. The van der Waals surface area contributed by atoms with Gasteiger partial charge in [0, 0.05) is 19.1 Å². The Morgan fingerprint density at radius 2 is 2.30 bits per heavy atom. The number of carbonyl (C=O) groups excluding carboxylic acids is 1. The van der Waals surface area contributed by atoms with E-state index in [1.165, 1.54) is 0 Å². The van der Waals surface area contributed by atoms with Crippen LogP contribution < -0.4 is 5.73 Å². The molecule has 0 aromatic carbocycles. The third-order valence-corrected chi connectivity index (χ3v) is 4.52. The molecule has 2 N–H and O–H groups in total. The maximum atomic E-state index is 12.0. The van der Waals surface area contributed by atoms with Gasteiger partial charge in [0.15, 0.2) is 0 Å². The molecule has 2 aliphatic rings. The molecule has 1 aliphatic heterocycles. The molecule has 0 amide bonds. The highest BCUT2D eigenvalue weighted by Gasteiger charge is 2.46. The predicted molar refractivity (Wildman–Crippen MR) is 75.3 cm³/mol. The van der Waals surface area contributed by atoms with Crippen LogP contribution in [0.15, 0.2) is 0 Å². The van der Waals surface area contributed by atoms with Crippen molar-refractivity contribution in [2.45, 2.75) is 44.6 Å². The van der Waals surface area contributed by atoms with E-state index in [0.717, 1.165) is 51.9 Å². The van der Waals surface area contributed by atoms with Crippen molar-refractivity contribution in [1.29, 1.82) is 0 Å². The number of ether oxygens (including phenoxy) is 3. The van der Waals surface area contributed by atoms with E-state index in [1.807, 2.05) is 6.92 Å². The number of hydrogen-bond donors (Lipinski definition) is 1. The van der Waals surface area contributed by atoms with Crippen molar-refractivity contribution in [1.82, 2.24) is 0 Å². The minimum absolute atomic E-state index is 0.182. The largest absolute Gasteiger partial charge is 0.465 e. The van der Waals surface area contributed by atoms with Gasteiger partial charge in [-0.05, 0) is 38.5 Å². The van der Waals surface area contributed by atoms with Crippen molar-refractivity contribution >= 4 is 5.97 Å². The lowest BCUT2D eigenvalue weighted by Crippen LogP contribution is -2.52. The van der Waals surface area contributed by atoms with Crippen LogP contribution in [0.1, 0.15) is 39.0 Å². The third-order valence-electron chi connectivity index (χ3n) is 4.52. The lowest BCUT2D eigenvalue weighted by Gasteiger charge is -2.29. The molecule has 3 unspecified atom stereocenters. The molecule has 20 heavy (non-hydrogen) atoms. The smallest absolute Gasteiger partial charge is 0.326 e. The number of nitrogens with two attached hydrogens (primary N) is 1. The molecule has 0 radical (unpaired) electrons. The first kappa shape index (κ1) is 15.7. The van der Waals surface area contributed by atoms with Gasteiger partial charge in [0.25, 0.3) is 0 Å². The van der Waals surface area contributed by atoms with Crippen LogP contribution in [-0.4, -0.2) is 44.5 Å². The molecular weight excluding hydrogens is 258 g/mol. The summed E-state index contributed by atoms with van der Waals surface area (Å²) in [6, 6.07) is 0. The van der Waals surface area contributed by atoms with E-state index in [-0.39, 0.29) is 11.9 Å². The van der Waals surface area contributed by atoms with Crippen LogP contribution in [0.3, 0.4) is 0 Å². The van der Waals surface area contributed by atoms with E-state index in [2.05, 4.69) is 0 Å². The van der Waals surface area contributed by atoms with Crippen LogP contribution in [0, 0.1) is 11.8 Å². The van der Waals surface area contributed by atoms with Gasteiger partial charge in [-0.1, -0.05) is 6.42 Å². The molecule has 3 atom stereocenters. The summed E-state index contributed by atoms with van der Waals surface area (Å²) in [7, 11) is 0. The van der Waals surface area contributed by atoms with Gasteiger partial charge >= 0.3 is 5.97 Å². The van der Waals surface area contributed by atoms with Crippen molar-refractivity contribution in [3.63, 3.8) is 0 Å². The maximum absolute atomic E-state index is 12.0. The fraction of sp³-hybridized carbons (Fsp3) is 0.933. The third kappa shape index (κ3) is 3.71. The van der Waals surface area contributed by atoms with E-state index in [9.17, 15) is 4.79 Å². The fourth-order valence-electron chi connectivity index (χ4n) is 3.23. The Labute approximate surface area is 121 Å². The summed E-state index contributed by atoms with van der Waals surface area (Å²) >= 11 is 0. The molecule has 0 aromatic heterocycles. The minimum Gasteiger partial charge on any atom is -0.465 e. The van der Waals surface area contributed by atoms with Crippen LogP contribution in [0.5, 0.6) is 0 Å². The molecule has 1 saturated carbocycles. The van der Waals surface area contributed by atoms with Gasteiger partial charge in [0.2, 0.25) is 0 Å². The van der Waals surface area contributed by atoms with Crippen molar-refractivity contribution in [2.24, 2.45) is 17.6 Å². The monoisotopic (exact) mass is 285 g/mol. The Bertz CT molecular complexity index is 317. The van der Waals surface area contributed by atoms with E-state index in [0.29, 0.717) is 19.1 Å². The summed E-state index contributed by atoms with van der Waals surface area (Å²) < 4.78 is 16.2. The average Bonchev–Trinajstić information content (AvgIpc) is 3.06. The molecule has 0 spiro atoms. The summed E-state index contributed by atoms with van der Waals surface area (Å²) in [6.45, 7) is 5.29. The molecule has 116 valence electrons. The molecule has 1 saturated heterocycles. The van der Waals surface area contributed by atoms with Crippen molar-refractivity contribution in [2.75, 3.05) is 33.0 Å². The second-order valence-electron chi connectivity index (χ2n) is 5.94. The van der Waals surface area contributed by atoms with Gasteiger partial charge in [-0.3, -0.25) is 4.79 Å². The van der Waals surface area contributed by atoms with Gasteiger partial charge < -0.3 is 19.9 Å². The summed E-state index contributed by atoms with van der Waals surface area (Å²) in [4.78, 5) is 12.0. The maximum Gasteiger partial charge on any atom is 0.326 e. The Morgan fingerprint density at radius 1 is 1.45 bits per heavy atom. The summed E-state index contributed by atoms with van der Waals surface area (Å²) in [5, 5.41) is 0. The fourth-order valence-corrected chi connectivity index (χ4v) is 3.23. The summed E-state index contributed by atoms with van der Waals surface area (Å²) in [6.07, 6.45) is 4.64. The second kappa shape index (κ2) is 7.38. The number of rotatable bonds is 7. The molecule has 2 fully saturated rings. The normalized spacial score (nSPS) is 33.5. The SMILES string of the molecule is CCOC(=O)C1(N)CCCC1CCOCC1CCOC1. The van der Waals surface area contributed by atoms with Gasteiger partial charge in [0.1, 0.15) is 5.54 Å². The lowest BCUT2D eigenvalue weighted by atomic mass is 9.86. The number of carbonyl (C=O) groups is 1. The van der Waals surface area contributed by atoms with Crippen LogP contribution in [0.4, 0.5) is 0 Å². The highest BCUT2D eigenvalue weighted by Crippen LogP contribution is 2.37. The molecule has 5 heteroatoms. The molecule has 0 aromatic rings. The Hall–Kier alpha value is -0.650. The number of esters is 1. The van der Waals surface area contributed by atoms with Crippen LogP contribution in [0.25, 0.3) is 0 Å². The average molecular weight is 285 g/mol. The second-order valence-corrected chi connectivity index (χ2v) is 5.94. The van der Waals surface area contributed by atoms with Gasteiger partial charge in [-0.25, -0.2) is 0 Å². The molecule has 2 rings (SSSR count). The van der Waals surface area contributed by atoms with Crippen LogP contribution in [-0.2, 0) is 19.0 Å². The Morgan fingerprint density at radius 3 is 3.00 bits per heavy atom. The van der Waals surface area contributed by atoms with E-state index in [1.54, 1.807) is 0 Å². The Balaban J connectivity index is 1.71. The highest BCUT2D eigenvalue weighted by molar-refractivity contribution is 5.81. The Kier molecular flexibility index (Phi) is 5.81. The molecule has 1 aliphatic carbocycles. The topological polar surface area (TPSA) is 70.8 Å². The first-order valence-electron chi connectivity index (χ1n) is 7.78. The van der Waals surface area contributed by atoms with E-state index < -0.39 is 5.54 Å². The van der Waals surface area contributed by atoms with Crippen molar-refractivity contribution in [3.05, 3.63) is 0 Å². The number of hydrogen-bond acceptors (Lipinski definition) is 5. The zero-order valence-corrected chi connectivity index (χ0v) is 12.4. The zero-order valence-electron chi connectivity index (χ0n) is 12.4. The van der Waals surface area contributed by atoms with Gasteiger partial charge in [-0.2, -0.15) is 0 Å². The molecular formula is C15H27NO4. The molecule has 1 heterocycles. The van der Waals surface area contributed by atoms with Crippen LogP contribution >= 0.6 is 0 Å². The summed E-state index contributed by atoms with van der Waals surface area (Å²) in [5.74, 6) is 0.472. The van der Waals surface area contributed by atoms with Crippen molar-refractivity contribution < 1.29 is 19.0 Å². The quantitative estimate of drug-likeness (QED) is 0.567.